The first-order chi connectivity index (χ1) is 7.69. The Hall–Kier alpha value is -1.65. The molecular formula is C11H15FN2O2. The van der Waals surface area contributed by atoms with Gasteiger partial charge < -0.3 is 9.64 Å². The second kappa shape index (κ2) is 6.05. The van der Waals surface area contributed by atoms with Gasteiger partial charge in [0.15, 0.2) is 11.6 Å². The number of ether oxygens (including phenoxy) is 1. The van der Waals surface area contributed by atoms with Crippen LogP contribution in [0.3, 0.4) is 0 Å². The van der Waals surface area contributed by atoms with E-state index in [0.717, 1.165) is 0 Å². The number of methoxy groups -OCH3 is 1. The number of aromatic nitrogens is 1. The summed E-state index contributed by atoms with van der Waals surface area (Å²) in [5, 5.41) is 0. The summed E-state index contributed by atoms with van der Waals surface area (Å²) < 4.78 is 17.9. The van der Waals surface area contributed by atoms with Crippen molar-refractivity contribution in [2.45, 2.75) is 13.3 Å². The van der Waals surface area contributed by atoms with Gasteiger partial charge in [-0.3, -0.25) is 4.79 Å². The van der Waals surface area contributed by atoms with Crippen LogP contribution in [0.5, 0.6) is 0 Å². The highest BCUT2D eigenvalue weighted by Gasteiger charge is 2.12. The highest BCUT2D eigenvalue weighted by molar-refractivity contribution is 5.69. The molecule has 0 aliphatic heterocycles. The first kappa shape index (κ1) is 12.4. The zero-order valence-electron chi connectivity index (χ0n) is 9.44. The molecule has 0 atom stereocenters. The van der Waals surface area contributed by atoms with Crippen LogP contribution in [0.15, 0.2) is 18.3 Å². The Bertz CT molecular complexity index is 358. The average molecular weight is 226 g/mol. The zero-order chi connectivity index (χ0) is 12.0. The molecule has 16 heavy (non-hydrogen) atoms. The molecule has 0 aromatic carbocycles. The lowest BCUT2D eigenvalue weighted by molar-refractivity contribution is -0.140. The number of nitrogens with zero attached hydrogens (tertiary/aromatic N) is 2. The van der Waals surface area contributed by atoms with Crippen molar-refractivity contribution >= 4 is 11.8 Å². The molecular weight excluding hydrogens is 211 g/mol. The van der Waals surface area contributed by atoms with Crippen molar-refractivity contribution in [1.29, 1.82) is 0 Å². The number of hydrogen-bond acceptors (Lipinski definition) is 4. The lowest BCUT2D eigenvalue weighted by Gasteiger charge is -2.21. The summed E-state index contributed by atoms with van der Waals surface area (Å²) in [5.74, 6) is -0.419. The number of carbonyl (C=O) groups is 1. The molecule has 1 aromatic heterocycles. The quantitative estimate of drug-likeness (QED) is 0.715. The number of anilines is 1. The third-order valence-electron chi connectivity index (χ3n) is 2.23. The minimum Gasteiger partial charge on any atom is -0.469 e. The van der Waals surface area contributed by atoms with E-state index < -0.39 is 0 Å². The maximum Gasteiger partial charge on any atom is 0.307 e. The van der Waals surface area contributed by atoms with Crippen LogP contribution in [0.4, 0.5) is 10.2 Å². The fourth-order valence-corrected chi connectivity index (χ4v) is 1.35. The number of carbonyl (C=O) groups excluding carboxylic acids is 1. The molecule has 0 saturated heterocycles. The van der Waals surface area contributed by atoms with Crippen LogP contribution < -0.4 is 4.90 Å². The molecule has 0 unspecified atom stereocenters. The summed E-state index contributed by atoms with van der Waals surface area (Å²) in [4.78, 5) is 16.6. The predicted octanol–water partition coefficient (Wildman–Crippen LogP) is 1.61. The fourth-order valence-electron chi connectivity index (χ4n) is 1.35. The predicted molar refractivity (Wildman–Crippen MR) is 58.7 cm³/mol. The van der Waals surface area contributed by atoms with E-state index in [1.807, 2.05) is 6.92 Å². The van der Waals surface area contributed by atoms with Gasteiger partial charge in [0.25, 0.3) is 0 Å². The number of halogens is 1. The van der Waals surface area contributed by atoms with Crippen molar-refractivity contribution in [2.75, 3.05) is 25.1 Å². The van der Waals surface area contributed by atoms with E-state index >= 15 is 0 Å². The SMILES string of the molecule is CCN(CCC(=O)OC)c1ncccc1F. The summed E-state index contributed by atoms with van der Waals surface area (Å²) in [6, 6.07) is 2.89. The van der Waals surface area contributed by atoms with Crippen LogP contribution in [-0.2, 0) is 9.53 Å². The topological polar surface area (TPSA) is 42.4 Å². The molecule has 0 N–H and O–H groups in total. The third kappa shape index (κ3) is 3.18. The molecule has 1 heterocycles. The van der Waals surface area contributed by atoms with Gasteiger partial charge in [0.05, 0.1) is 13.5 Å². The normalized spacial score (nSPS) is 9.94. The highest BCUT2D eigenvalue weighted by atomic mass is 19.1. The molecule has 0 radical (unpaired) electrons. The minimum absolute atomic E-state index is 0.223. The Morgan fingerprint density at radius 1 is 1.62 bits per heavy atom. The van der Waals surface area contributed by atoms with Gasteiger partial charge >= 0.3 is 5.97 Å². The van der Waals surface area contributed by atoms with Crippen LogP contribution in [0.2, 0.25) is 0 Å². The highest BCUT2D eigenvalue weighted by Crippen LogP contribution is 2.14. The van der Waals surface area contributed by atoms with Crippen molar-refractivity contribution < 1.29 is 13.9 Å². The maximum absolute atomic E-state index is 13.4. The lowest BCUT2D eigenvalue weighted by Crippen LogP contribution is -2.27. The van der Waals surface area contributed by atoms with Crippen LogP contribution in [0.25, 0.3) is 0 Å². The van der Waals surface area contributed by atoms with E-state index in [0.29, 0.717) is 13.1 Å². The second-order valence-electron chi connectivity index (χ2n) is 3.21. The van der Waals surface area contributed by atoms with Gasteiger partial charge in [0, 0.05) is 19.3 Å². The van der Waals surface area contributed by atoms with Crippen LogP contribution in [0.1, 0.15) is 13.3 Å². The zero-order valence-corrected chi connectivity index (χ0v) is 9.44. The molecule has 0 bridgehead atoms. The van der Waals surface area contributed by atoms with Crippen molar-refractivity contribution in [2.24, 2.45) is 0 Å². The molecule has 88 valence electrons. The molecule has 0 aliphatic carbocycles. The third-order valence-corrected chi connectivity index (χ3v) is 2.23. The largest absolute Gasteiger partial charge is 0.469 e. The molecule has 1 rings (SSSR count). The van der Waals surface area contributed by atoms with Gasteiger partial charge in [-0.1, -0.05) is 0 Å². The number of esters is 1. The summed E-state index contributed by atoms with van der Waals surface area (Å²) in [6.07, 6.45) is 1.75. The van der Waals surface area contributed by atoms with Gasteiger partial charge in [-0.25, -0.2) is 9.37 Å². The van der Waals surface area contributed by atoms with E-state index in [2.05, 4.69) is 9.72 Å². The Labute approximate surface area is 94.0 Å². The van der Waals surface area contributed by atoms with Gasteiger partial charge in [0.1, 0.15) is 0 Å². The van der Waals surface area contributed by atoms with Gasteiger partial charge in [-0.15, -0.1) is 0 Å². The number of hydrogen-bond donors (Lipinski definition) is 0. The smallest absolute Gasteiger partial charge is 0.307 e. The van der Waals surface area contributed by atoms with Crippen LogP contribution >= 0.6 is 0 Å². The van der Waals surface area contributed by atoms with E-state index in [9.17, 15) is 9.18 Å². The fraction of sp³-hybridized carbons (Fsp3) is 0.455. The molecule has 0 fully saturated rings. The van der Waals surface area contributed by atoms with Crippen LogP contribution in [-0.4, -0.2) is 31.2 Å². The molecule has 1 aromatic rings. The summed E-state index contributed by atoms with van der Waals surface area (Å²) >= 11 is 0. The average Bonchev–Trinajstić information content (AvgIpc) is 2.31. The van der Waals surface area contributed by atoms with Gasteiger partial charge in [-0.05, 0) is 19.1 Å². The minimum atomic E-state index is -0.380. The van der Waals surface area contributed by atoms with E-state index in [1.54, 1.807) is 4.90 Å². The van der Waals surface area contributed by atoms with Gasteiger partial charge in [0.2, 0.25) is 0 Å². The van der Waals surface area contributed by atoms with E-state index in [4.69, 9.17) is 0 Å². The molecule has 0 aliphatic rings. The first-order valence-electron chi connectivity index (χ1n) is 5.11. The molecule has 0 saturated carbocycles. The number of rotatable bonds is 5. The Kier molecular flexibility index (Phi) is 4.69. The number of pyridine rings is 1. The lowest BCUT2D eigenvalue weighted by atomic mass is 10.3. The Balaban J connectivity index is 2.68. The van der Waals surface area contributed by atoms with Crippen molar-refractivity contribution in [3.05, 3.63) is 24.1 Å². The van der Waals surface area contributed by atoms with E-state index in [1.165, 1.54) is 25.4 Å². The van der Waals surface area contributed by atoms with E-state index in [-0.39, 0.29) is 24.0 Å². The molecule has 5 heteroatoms. The molecule has 0 amide bonds. The van der Waals surface area contributed by atoms with Gasteiger partial charge in [-0.2, -0.15) is 0 Å². The summed E-state index contributed by atoms with van der Waals surface area (Å²) in [5.41, 5.74) is 0. The van der Waals surface area contributed by atoms with Crippen molar-refractivity contribution in [3.8, 4) is 0 Å². The van der Waals surface area contributed by atoms with Crippen molar-refractivity contribution in [3.63, 3.8) is 0 Å². The molecule has 4 nitrogen and oxygen atoms in total. The first-order valence-corrected chi connectivity index (χ1v) is 5.11. The maximum atomic E-state index is 13.4. The monoisotopic (exact) mass is 226 g/mol. The van der Waals surface area contributed by atoms with Crippen molar-refractivity contribution in [1.82, 2.24) is 4.98 Å². The Morgan fingerprint density at radius 2 is 2.38 bits per heavy atom. The van der Waals surface area contributed by atoms with Crippen LogP contribution in [0, 0.1) is 5.82 Å². The molecule has 0 spiro atoms. The summed E-state index contributed by atoms with van der Waals surface area (Å²) in [7, 11) is 1.33. The standard InChI is InChI=1S/C11H15FN2O2/c1-3-14(8-6-10(15)16-2)11-9(12)5-4-7-13-11/h4-5,7H,3,6,8H2,1-2H3. The summed E-state index contributed by atoms with van der Waals surface area (Å²) in [6.45, 7) is 2.87. The Morgan fingerprint density at radius 3 is 2.94 bits per heavy atom. The second-order valence-corrected chi connectivity index (χ2v) is 3.21.